The highest BCUT2D eigenvalue weighted by atomic mass is 28.4. The molecule has 0 aliphatic carbocycles. The van der Waals surface area contributed by atoms with Crippen molar-refractivity contribution in [1.82, 2.24) is 14.5 Å². The molecule has 10 nitrogen and oxygen atoms in total. The van der Waals surface area contributed by atoms with Crippen LogP contribution in [0.4, 0.5) is 29.3 Å². The third kappa shape index (κ3) is 8.25. The van der Waals surface area contributed by atoms with Gasteiger partial charge in [0.15, 0.2) is 14.1 Å². The van der Waals surface area contributed by atoms with Gasteiger partial charge in [-0.15, -0.1) is 0 Å². The normalized spacial score (nSPS) is 17.9. The summed E-state index contributed by atoms with van der Waals surface area (Å²) in [4.78, 5) is 39.8. The Hall–Kier alpha value is -4.56. The first-order valence-corrected chi connectivity index (χ1v) is 23.9. The average molecular weight is 850 g/mol. The van der Waals surface area contributed by atoms with Crippen LogP contribution in [0.1, 0.15) is 92.8 Å². The van der Waals surface area contributed by atoms with Crippen molar-refractivity contribution in [3.05, 3.63) is 75.6 Å². The zero-order chi connectivity index (χ0) is 44.4. The molecule has 6 rings (SSSR count). The number of nitrogens with zero attached hydrogens (tertiary/aromatic N) is 5. The Morgan fingerprint density at radius 3 is 2.25 bits per heavy atom. The van der Waals surface area contributed by atoms with Crippen LogP contribution in [0.15, 0.2) is 41.3 Å². The van der Waals surface area contributed by atoms with Crippen molar-refractivity contribution in [3.8, 4) is 22.6 Å². The van der Waals surface area contributed by atoms with Crippen LogP contribution in [0.5, 0.6) is 5.75 Å². The highest BCUT2D eigenvalue weighted by Gasteiger charge is 2.45. The molecule has 0 bridgehead atoms. The van der Waals surface area contributed by atoms with Crippen LogP contribution in [-0.2, 0) is 9.16 Å². The molecule has 0 N–H and O–H groups in total. The van der Waals surface area contributed by atoms with Crippen molar-refractivity contribution < 1.29 is 31.9 Å². The van der Waals surface area contributed by atoms with Crippen LogP contribution in [-0.4, -0.2) is 85.9 Å². The number of rotatable bonds is 9. The van der Waals surface area contributed by atoms with Crippen LogP contribution >= 0.6 is 0 Å². The Kier molecular flexibility index (Phi) is 12.3. The van der Waals surface area contributed by atoms with E-state index in [0.717, 1.165) is 6.07 Å². The first-order valence-electron chi connectivity index (χ1n) is 21.0. The fourth-order valence-electron chi connectivity index (χ4n) is 8.33. The summed E-state index contributed by atoms with van der Waals surface area (Å²) in [6, 6.07) is 6.15. The molecule has 2 aromatic carbocycles. The minimum Gasteiger partial charge on any atom is -0.496 e. The maximum atomic E-state index is 17.9. The summed E-state index contributed by atoms with van der Waals surface area (Å²) in [5.74, 6) is -3.27. The van der Waals surface area contributed by atoms with E-state index in [1.807, 2.05) is 65.2 Å². The number of hydrogen-bond acceptors (Lipinski definition) is 8. The topological polar surface area (TPSA) is 89.4 Å². The molecule has 0 saturated carbocycles. The van der Waals surface area contributed by atoms with Crippen molar-refractivity contribution in [2.24, 2.45) is 0 Å². The van der Waals surface area contributed by atoms with Gasteiger partial charge in [-0.3, -0.25) is 14.3 Å². The molecule has 60 heavy (non-hydrogen) atoms. The van der Waals surface area contributed by atoms with E-state index in [9.17, 15) is 4.79 Å². The lowest BCUT2D eigenvalue weighted by Gasteiger charge is -2.52. The van der Waals surface area contributed by atoms with Crippen molar-refractivity contribution in [2.45, 2.75) is 130 Å². The second kappa shape index (κ2) is 16.4. The van der Waals surface area contributed by atoms with Gasteiger partial charge in [-0.1, -0.05) is 40.7 Å². The van der Waals surface area contributed by atoms with Gasteiger partial charge < -0.3 is 28.6 Å². The number of fused-ring (bicyclic) bond motifs is 5. The Labute approximate surface area is 353 Å². The predicted octanol–water partition coefficient (Wildman–Crippen LogP) is 10.3. The number of aromatic nitrogens is 2. The predicted molar refractivity (Wildman–Crippen MR) is 236 cm³/mol. The van der Waals surface area contributed by atoms with Gasteiger partial charge in [0.2, 0.25) is 0 Å². The molecule has 4 heterocycles. The van der Waals surface area contributed by atoms with E-state index in [-0.39, 0.29) is 58.5 Å². The Morgan fingerprint density at radius 1 is 0.950 bits per heavy atom. The second-order valence-corrected chi connectivity index (χ2v) is 24.1. The minimum atomic E-state index is -2.16. The summed E-state index contributed by atoms with van der Waals surface area (Å²) in [5.41, 5.74) is -0.294. The van der Waals surface area contributed by atoms with Crippen LogP contribution in [0.2, 0.25) is 18.1 Å². The Bertz CT molecular complexity index is 2350. The third-order valence-electron chi connectivity index (χ3n) is 12.3. The number of carbonyl (C=O) groups excluding carboxylic acids is 1. The number of benzene rings is 2. The molecule has 1 saturated heterocycles. The summed E-state index contributed by atoms with van der Waals surface area (Å²) in [6.45, 7) is 27.3. The van der Waals surface area contributed by atoms with Crippen molar-refractivity contribution in [1.29, 1.82) is 0 Å². The molecule has 326 valence electrons. The molecule has 1 amide bonds. The highest BCUT2D eigenvalue weighted by Crippen LogP contribution is 2.47. The van der Waals surface area contributed by atoms with E-state index in [0.29, 0.717) is 42.1 Å². The van der Waals surface area contributed by atoms with E-state index < -0.39 is 60.2 Å². The van der Waals surface area contributed by atoms with Gasteiger partial charge in [0.1, 0.15) is 28.7 Å². The lowest BCUT2D eigenvalue weighted by Crippen LogP contribution is -2.65. The van der Waals surface area contributed by atoms with Crippen LogP contribution in [0, 0.1) is 24.4 Å². The van der Waals surface area contributed by atoms with Crippen LogP contribution in [0.25, 0.3) is 27.7 Å². The number of carbonyl (C=O) groups is 1. The molecule has 2 aliphatic rings. The van der Waals surface area contributed by atoms with Gasteiger partial charge >= 0.3 is 6.09 Å². The summed E-state index contributed by atoms with van der Waals surface area (Å²) in [6.07, 6.45) is 1.58. The summed E-state index contributed by atoms with van der Waals surface area (Å²) in [7, 11) is -0.855. The lowest BCUT2D eigenvalue weighted by molar-refractivity contribution is 0.0125. The quantitative estimate of drug-likeness (QED) is 0.154. The molecular weight excluding hydrogens is 788 g/mol. The Balaban J connectivity index is 1.68. The molecule has 2 aromatic heterocycles. The molecule has 0 spiro atoms. The minimum absolute atomic E-state index is 0.0224. The smallest absolute Gasteiger partial charge is 0.410 e. The zero-order valence-corrected chi connectivity index (χ0v) is 38.7. The maximum Gasteiger partial charge on any atom is 0.410 e. The molecule has 14 heteroatoms. The van der Waals surface area contributed by atoms with Gasteiger partial charge in [-0.2, -0.15) is 0 Å². The summed E-state index contributed by atoms with van der Waals surface area (Å²) >= 11 is 0. The number of ether oxygens (including phenoxy) is 2. The third-order valence-corrected chi connectivity index (χ3v) is 16.9. The number of hydrogen-bond donors (Lipinski definition) is 0. The maximum absolute atomic E-state index is 17.9. The van der Waals surface area contributed by atoms with E-state index in [2.05, 4.69) is 38.8 Å². The first kappa shape index (κ1) is 45.0. The molecule has 3 atom stereocenters. The number of pyridine rings is 2. The second-order valence-electron chi connectivity index (χ2n) is 19.3. The largest absolute Gasteiger partial charge is 0.496 e. The monoisotopic (exact) mass is 849 g/mol. The molecule has 1 unspecified atom stereocenters. The van der Waals surface area contributed by atoms with Crippen molar-refractivity contribution >= 4 is 36.7 Å². The van der Waals surface area contributed by atoms with Gasteiger partial charge in [-0.05, 0) is 102 Å². The number of methoxy groups -OCH3 is 1. The van der Waals surface area contributed by atoms with E-state index in [4.69, 9.17) is 13.9 Å². The zero-order valence-electron chi connectivity index (χ0n) is 37.7. The number of piperazine rings is 1. The SMILES string of the molecule is COc1cccc(F)c1-c1c(F)cc2c3c(c(=O)n(-c4c(C)ccnc4C(C)C)c2c1F)N(CCC(C)O[Si](C)(C)C(C)(C)C)C[C@H]1CN(C(=O)OC(C)(C)C)[C@H](C)CN31. The lowest BCUT2D eigenvalue weighted by atomic mass is 9.94. The molecule has 0 radical (unpaired) electrons. The average Bonchev–Trinajstić information content (AvgIpc) is 3.13. The fourth-order valence-corrected chi connectivity index (χ4v) is 9.81. The van der Waals surface area contributed by atoms with E-state index >= 15 is 18.0 Å². The number of aryl methyl sites for hydroxylation is 1. The summed E-state index contributed by atoms with van der Waals surface area (Å²) < 4.78 is 70.1. The molecule has 1 fully saturated rings. The number of halogens is 3. The number of amides is 1. The molecular formula is C46H62F3N5O5Si. The van der Waals surface area contributed by atoms with Gasteiger partial charge in [-0.25, -0.2) is 18.0 Å². The highest BCUT2D eigenvalue weighted by molar-refractivity contribution is 6.74. The standard InChI is InChI=1S/C46H62F3N5O5Si/c1-26(2)38-39(27(3)18-20-50-38)54-40-31(22-33(48)36(37(40)49)35-32(47)16-15-17-34(35)57-12)41-42(43(54)55)51(21-19-29(5)59-60(13,14)46(9,10)11)24-30-25-52(28(4)23-53(30)41)44(56)58-45(6,7)8/h15-18,20,22,26,28-30H,19,21,23-25H2,1-14H3/t28-,29?,30+/m1/s1. The molecule has 2 aliphatic heterocycles. The van der Waals surface area contributed by atoms with E-state index in [1.165, 1.54) is 29.9 Å². The summed E-state index contributed by atoms with van der Waals surface area (Å²) in [5, 5.41) is 0.112. The van der Waals surface area contributed by atoms with Crippen molar-refractivity contribution in [3.63, 3.8) is 0 Å². The van der Waals surface area contributed by atoms with Crippen LogP contribution < -0.4 is 20.1 Å². The van der Waals surface area contributed by atoms with Gasteiger partial charge in [0.05, 0.1) is 46.9 Å². The van der Waals surface area contributed by atoms with Crippen molar-refractivity contribution in [2.75, 3.05) is 43.1 Å². The van der Waals surface area contributed by atoms with Gasteiger partial charge in [0, 0.05) is 49.9 Å². The molecule has 4 aromatic rings. The number of anilines is 2. The fraction of sp³-hybridized carbons (Fsp3) is 0.543. The van der Waals surface area contributed by atoms with Crippen LogP contribution in [0.3, 0.4) is 0 Å². The Morgan fingerprint density at radius 2 is 1.63 bits per heavy atom. The first-order chi connectivity index (χ1) is 27.9. The van der Waals surface area contributed by atoms with E-state index in [1.54, 1.807) is 17.2 Å². The van der Waals surface area contributed by atoms with Gasteiger partial charge in [0.25, 0.3) is 5.56 Å².